The smallest absolute Gasteiger partial charge is 0.191 e. The van der Waals surface area contributed by atoms with Gasteiger partial charge in [-0.2, -0.15) is 0 Å². The zero-order valence-electron chi connectivity index (χ0n) is 15.7. The average molecular weight is 359 g/mol. The van der Waals surface area contributed by atoms with Gasteiger partial charge in [-0.15, -0.1) is 0 Å². The van der Waals surface area contributed by atoms with Crippen LogP contribution in [0.4, 0.5) is 4.39 Å². The molecule has 26 heavy (non-hydrogen) atoms. The fourth-order valence-corrected chi connectivity index (χ4v) is 2.49. The number of aryl methyl sites for hydroxylation is 1. The average Bonchev–Trinajstić information content (AvgIpc) is 2.66. The van der Waals surface area contributed by atoms with E-state index in [0.717, 1.165) is 29.2 Å². The summed E-state index contributed by atoms with van der Waals surface area (Å²) in [7, 11) is 3.26. The van der Waals surface area contributed by atoms with Crippen molar-refractivity contribution in [1.82, 2.24) is 10.6 Å². The summed E-state index contributed by atoms with van der Waals surface area (Å²) in [5.74, 6) is 1.99. The predicted molar refractivity (Wildman–Crippen MR) is 102 cm³/mol. The van der Waals surface area contributed by atoms with Crippen LogP contribution in [-0.2, 0) is 13.1 Å². The number of nitrogens with one attached hydrogen (secondary N) is 2. The van der Waals surface area contributed by atoms with Gasteiger partial charge in [0.2, 0.25) is 0 Å². The number of ether oxygens (including phenoxy) is 2. The molecule has 0 aliphatic heterocycles. The monoisotopic (exact) mass is 359 g/mol. The molecule has 6 heteroatoms. The number of benzene rings is 2. The molecule has 140 valence electrons. The van der Waals surface area contributed by atoms with Crippen LogP contribution in [0.2, 0.25) is 0 Å². The summed E-state index contributed by atoms with van der Waals surface area (Å²) in [5.41, 5.74) is 2.58. The summed E-state index contributed by atoms with van der Waals surface area (Å²) >= 11 is 0. The van der Waals surface area contributed by atoms with Gasteiger partial charge in [0.25, 0.3) is 0 Å². The lowest BCUT2D eigenvalue weighted by atomic mass is 10.1. The Balaban J connectivity index is 2.06. The van der Waals surface area contributed by atoms with Crippen LogP contribution in [0.5, 0.6) is 11.5 Å². The molecular weight excluding hydrogens is 333 g/mol. The molecule has 0 aromatic heterocycles. The molecule has 0 aliphatic carbocycles. The topological polar surface area (TPSA) is 54.9 Å². The van der Waals surface area contributed by atoms with Crippen LogP contribution >= 0.6 is 0 Å². The molecule has 2 rings (SSSR count). The molecule has 2 N–H and O–H groups in total. The quantitative estimate of drug-likeness (QED) is 0.588. The number of aliphatic imine (C=N–C) groups is 1. The summed E-state index contributed by atoms with van der Waals surface area (Å²) in [6.07, 6.45) is 0. The molecule has 0 unspecified atom stereocenters. The van der Waals surface area contributed by atoms with Crippen molar-refractivity contribution < 1.29 is 13.9 Å². The molecule has 0 bridgehead atoms. The molecule has 2 aromatic carbocycles. The minimum absolute atomic E-state index is 0.200. The van der Waals surface area contributed by atoms with Crippen LogP contribution in [0, 0.1) is 12.7 Å². The molecular formula is C20H26FN3O2. The second kappa shape index (κ2) is 9.65. The molecule has 0 saturated carbocycles. The third kappa shape index (κ3) is 5.37. The van der Waals surface area contributed by atoms with Crippen molar-refractivity contribution in [2.24, 2.45) is 4.99 Å². The van der Waals surface area contributed by atoms with Crippen LogP contribution in [0.15, 0.2) is 41.4 Å². The first-order chi connectivity index (χ1) is 12.6. The first-order valence-corrected chi connectivity index (χ1v) is 8.55. The lowest BCUT2D eigenvalue weighted by Gasteiger charge is -2.14. The number of methoxy groups -OCH3 is 2. The van der Waals surface area contributed by atoms with Crippen molar-refractivity contribution in [3.05, 3.63) is 58.9 Å². The van der Waals surface area contributed by atoms with E-state index >= 15 is 0 Å². The van der Waals surface area contributed by atoms with E-state index in [9.17, 15) is 4.39 Å². The highest BCUT2D eigenvalue weighted by atomic mass is 19.1. The molecule has 0 radical (unpaired) electrons. The van der Waals surface area contributed by atoms with Gasteiger partial charge < -0.3 is 20.1 Å². The van der Waals surface area contributed by atoms with E-state index in [1.807, 2.05) is 31.2 Å². The molecule has 2 aromatic rings. The van der Waals surface area contributed by atoms with Crippen molar-refractivity contribution in [2.45, 2.75) is 26.9 Å². The molecule has 0 fully saturated rings. The number of halogens is 1. The lowest BCUT2D eigenvalue weighted by molar-refractivity contribution is 0.390. The van der Waals surface area contributed by atoms with Gasteiger partial charge in [0, 0.05) is 24.7 Å². The van der Waals surface area contributed by atoms with Crippen molar-refractivity contribution in [3.8, 4) is 11.5 Å². The Morgan fingerprint density at radius 1 is 1.08 bits per heavy atom. The number of hydrogen-bond acceptors (Lipinski definition) is 3. The summed E-state index contributed by atoms with van der Waals surface area (Å²) in [6, 6.07) is 10.7. The zero-order chi connectivity index (χ0) is 18.9. The van der Waals surface area contributed by atoms with Crippen LogP contribution in [0.3, 0.4) is 0 Å². The number of guanidine groups is 1. The number of hydrogen-bond donors (Lipinski definition) is 2. The largest absolute Gasteiger partial charge is 0.497 e. The second-order valence-electron chi connectivity index (χ2n) is 5.81. The zero-order valence-corrected chi connectivity index (χ0v) is 15.7. The molecule has 0 atom stereocenters. The maximum atomic E-state index is 13.4. The standard InChI is InChI=1S/C20H26FN3O2/c1-5-22-20(23-12-15-6-9-18(21)14(2)10-15)24-13-16-7-8-17(25-3)11-19(16)26-4/h6-11H,5,12-13H2,1-4H3,(H2,22,23,24). The van der Waals surface area contributed by atoms with Crippen molar-refractivity contribution >= 4 is 5.96 Å². The van der Waals surface area contributed by atoms with Gasteiger partial charge in [0.15, 0.2) is 5.96 Å². The fraction of sp³-hybridized carbons (Fsp3) is 0.350. The van der Waals surface area contributed by atoms with Gasteiger partial charge in [-0.25, -0.2) is 9.38 Å². The number of nitrogens with zero attached hydrogens (tertiary/aromatic N) is 1. The number of rotatable bonds is 7. The van der Waals surface area contributed by atoms with E-state index in [1.165, 1.54) is 6.07 Å². The Bertz CT molecular complexity index is 763. The minimum atomic E-state index is -0.200. The molecule has 0 saturated heterocycles. The Morgan fingerprint density at radius 2 is 1.88 bits per heavy atom. The highest BCUT2D eigenvalue weighted by molar-refractivity contribution is 5.79. The van der Waals surface area contributed by atoms with Gasteiger partial charge in [-0.1, -0.05) is 12.1 Å². The summed E-state index contributed by atoms with van der Waals surface area (Å²) in [5, 5.41) is 6.50. The van der Waals surface area contributed by atoms with E-state index in [0.29, 0.717) is 24.6 Å². The minimum Gasteiger partial charge on any atom is -0.497 e. The molecule has 0 spiro atoms. The van der Waals surface area contributed by atoms with E-state index in [1.54, 1.807) is 27.2 Å². The Kier molecular flexibility index (Phi) is 7.26. The van der Waals surface area contributed by atoms with Gasteiger partial charge in [0.05, 0.1) is 20.8 Å². The summed E-state index contributed by atoms with van der Waals surface area (Å²) in [4.78, 5) is 4.57. The Labute approximate surface area is 154 Å². The van der Waals surface area contributed by atoms with E-state index in [2.05, 4.69) is 15.6 Å². The van der Waals surface area contributed by atoms with E-state index in [-0.39, 0.29) is 5.82 Å². The van der Waals surface area contributed by atoms with Gasteiger partial charge >= 0.3 is 0 Å². The van der Waals surface area contributed by atoms with E-state index < -0.39 is 0 Å². The first-order valence-electron chi connectivity index (χ1n) is 8.55. The Hall–Kier alpha value is -2.76. The summed E-state index contributed by atoms with van der Waals surface area (Å²) < 4.78 is 24.0. The normalized spacial score (nSPS) is 11.2. The summed E-state index contributed by atoms with van der Waals surface area (Å²) in [6.45, 7) is 5.53. The van der Waals surface area contributed by atoms with Crippen LogP contribution in [0.25, 0.3) is 0 Å². The van der Waals surface area contributed by atoms with Crippen molar-refractivity contribution in [1.29, 1.82) is 0 Å². The SMILES string of the molecule is CCNC(=NCc1ccc(F)c(C)c1)NCc1ccc(OC)cc1OC. The van der Waals surface area contributed by atoms with Crippen LogP contribution < -0.4 is 20.1 Å². The molecule has 5 nitrogen and oxygen atoms in total. The molecule has 0 heterocycles. The van der Waals surface area contributed by atoms with Crippen molar-refractivity contribution in [3.63, 3.8) is 0 Å². The Morgan fingerprint density at radius 3 is 2.54 bits per heavy atom. The van der Waals surface area contributed by atoms with Gasteiger partial charge in [0.1, 0.15) is 17.3 Å². The van der Waals surface area contributed by atoms with E-state index in [4.69, 9.17) is 9.47 Å². The lowest BCUT2D eigenvalue weighted by Crippen LogP contribution is -2.36. The highest BCUT2D eigenvalue weighted by Gasteiger charge is 2.06. The maximum absolute atomic E-state index is 13.4. The van der Waals surface area contributed by atoms with Gasteiger partial charge in [-0.05, 0) is 43.2 Å². The predicted octanol–water partition coefficient (Wildman–Crippen LogP) is 3.41. The third-order valence-electron chi connectivity index (χ3n) is 3.93. The van der Waals surface area contributed by atoms with Crippen molar-refractivity contribution in [2.75, 3.05) is 20.8 Å². The highest BCUT2D eigenvalue weighted by Crippen LogP contribution is 2.24. The molecule has 0 aliphatic rings. The molecule has 0 amide bonds. The van der Waals surface area contributed by atoms with Gasteiger partial charge in [-0.3, -0.25) is 0 Å². The maximum Gasteiger partial charge on any atom is 0.191 e. The third-order valence-corrected chi connectivity index (χ3v) is 3.93. The van der Waals surface area contributed by atoms with Crippen LogP contribution in [-0.4, -0.2) is 26.7 Å². The second-order valence-corrected chi connectivity index (χ2v) is 5.81. The first kappa shape index (κ1) is 19.6. The van der Waals surface area contributed by atoms with Crippen LogP contribution in [0.1, 0.15) is 23.6 Å². The fourth-order valence-electron chi connectivity index (χ4n) is 2.49.